The number of hydrogen-bond donors (Lipinski definition) is 1. The van der Waals surface area contributed by atoms with Gasteiger partial charge in [0.2, 0.25) is 0 Å². The van der Waals surface area contributed by atoms with E-state index in [0.717, 1.165) is 24.6 Å². The quantitative estimate of drug-likeness (QED) is 0.558. The van der Waals surface area contributed by atoms with Crippen molar-refractivity contribution in [1.82, 2.24) is 9.97 Å². The summed E-state index contributed by atoms with van der Waals surface area (Å²) in [5, 5.41) is 3.76. The van der Waals surface area contributed by atoms with Gasteiger partial charge in [-0.25, -0.2) is 9.97 Å². The molecule has 1 aliphatic carbocycles. The highest BCUT2D eigenvalue weighted by Crippen LogP contribution is 2.38. The predicted molar refractivity (Wildman–Crippen MR) is 74.8 cm³/mol. The molecule has 1 aromatic rings. The average molecular weight is 286 g/mol. The van der Waals surface area contributed by atoms with Crippen LogP contribution in [0.1, 0.15) is 31.0 Å². The Morgan fingerprint density at radius 2 is 2.16 bits per heavy atom. The third-order valence-electron chi connectivity index (χ3n) is 2.86. The minimum atomic E-state index is 0.510. The molecule has 1 saturated carbocycles. The second kappa shape index (κ2) is 7.62. The Bertz CT molecular complexity index is 399. The van der Waals surface area contributed by atoms with E-state index in [4.69, 9.17) is 21.1 Å². The highest BCUT2D eigenvalue weighted by molar-refractivity contribution is 6.29. The summed E-state index contributed by atoms with van der Waals surface area (Å²) >= 11 is 5.99. The predicted octanol–water partition coefficient (Wildman–Crippen LogP) is 2.47. The molecular formula is C13H20ClN3O2. The van der Waals surface area contributed by atoms with Crippen molar-refractivity contribution in [1.29, 1.82) is 0 Å². The fourth-order valence-corrected chi connectivity index (χ4v) is 1.87. The van der Waals surface area contributed by atoms with Gasteiger partial charge in [0.1, 0.15) is 16.8 Å². The SMILES string of the molecule is COCCOCCCNc1cc(Cl)nc(C2CC2)n1. The van der Waals surface area contributed by atoms with Crippen molar-refractivity contribution in [3.8, 4) is 0 Å². The standard InChI is InChI=1S/C13H20ClN3O2/c1-18-7-8-19-6-2-5-15-12-9-11(14)16-13(17-12)10-3-4-10/h9-10H,2-8H2,1H3,(H,15,16,17). The summed E-state index contributed by atoms with van der Waals surface area (Å²) in [5.41, 5.74) is 0. The van der Waals surface area contributed by atoms with Crippen molar-refractivity contribution in [2.75, 3.05) is 38.8 Å². The van der Waals surface area contributed by atoms with Gasteiger partial charge in [0, 0.05) is 32.2 Å². The van der Waals surface area contributed by atoms with Gasteiger partial charge in [-0.15, -0.1) is 0 Å². The zero-order valence-corrected chi connectivity index (χ0v) is 11.9. The van der Waals surface area contributed by atoms with E-state index in [-0.39, 0.29) is 0 Å². The summed E-state index contributed by atoms with van der Waals surface area (Å²) in [4.78, 5) is 8.73. The van der Waals surface area contributed by atoms with Crippen LogP contribution in [0.4, 0.5) is 5.82 Å². The van der Waals surface area contributed by atoms with E-state index in [0.29, 0.717) is 30.9 Å². The van der Waals surface area contributed by atoms with Crippen LogP contribution in [0.3, 0.4) is 0 Å². The lowest BCUT2D eigenvalue weighted by molar-refractivity contribution is 0.0705. The third-order valence-corrected chi connectivity index (χ3v) is 3.05. The fraction of sp³-hybridized carbons (Fsp3) is 0.692. The molecule has 0 atom stereocenters. The minimum Gasteiger partial charge on any atom is -0.382 e. The summed E-state index contributed by atoms with van der Waals surface area (Å²) in [7, 11) is 1.67. The second-order valence-electron chi connectivity index (χ2n) is 4.59. The van der Waals surface area contributed by atoms with Gasteiger partial charge in [0.05, 0.1) is 13.2 Å². The van der Waals surface area contributed by atoms with Crippen molar-refractivity contribution < 1.29 is 9.47 Å². The van der Waals surface area contributed by atoms with Gasteiger partial charge in [-0.05, 0) is 19.3 Å². The van der Waals surface area contributed by atoms with Gasteiger partial charge >= 0.3 is 0 Å². The van der Waals surface area contributed by atoms with E-state index < -0.39 is 0 Å². The number of nitrogens with zero attached hydrogens (tertiary/aromatic N) is 2. The van der Waals surface area contributed by atoms with E-state index in [1.54, 1.807) is 13.2 Å². The van der Waals surface area contributed by atoms with Gasteiger partial charge in [0.25, 0.3) is 0 Å². The molecule has 1 aromatic heterocycles. The van der Waals surface area contributed by atoms with Crippen molar-refractivity contribution in [2.24, 2.45) is 0 Å². The van der Waals surface area contributed by atoms with Crippen LogP contribution in [-0.4, -0.2) is 43.4 Å². The van der Waals surface area contributed by atoms with Crippen LogP contribution >= 0.6 is 11.6 Å². The first kappa shape index (κ1) is 14.5. The Morgan fingerprint density at radius 1 is 1.32 bits per heavy atom. The second-order valence-corrected chi connectivity index (χ2v) is 4.98. The number of halogens is 1. The number of ether oxygens (including phenoxy) is 2. The molecule has 0 radical (unpaired) electrons. The Kier molecular flexibility index (Phi) is 5.82. The molecular weight excluding hydrogens is 266 g/mol. The summed E-state index contributed by atoms with van der Waals surface area (Å²) < 4.78 is 10.3. The Balaban J connectivity index is 1.67. The lowest BCUT2D eigenvalue weighted by Gasteiger charge is -2.08. The number of anilines is 1. The van der Waals surface area contributed by atoms with Gasteiger partial charge in [0.15, 0.2) is 0 Å². The van der Waals surface area contributed by atoms with Crippen LogP contribution in [0.15, 0.2) is 6.07 Å². The zero-order valence-electron chi connectivity index (χ0n) is 11.2. The molecule has 19 heavy (non-hydrogen) atoms. The van der Waals surface area contributed by atoms with Crippen LogP contribution < -0.4 is 5.32 Å². The lowest BCUT2D eigenvalue weighted by atomic mass is 10.4. The van der Waals surface area contributed by atoms with Gasteiger partial charge in [-0.3, -0.25) is 0 Å². The summed E-state index contributed by atoms with van der Waals surface area (Å²) in [5.74, 6) is 2.18. The summed E-state index contributed by atoms with van der Waals surface area (Å²) in [6.45, 7) is 2.80. The molecule has 0 aromatic carbocycles. The monoisotopic (exact) mass is 285 g/mol. The first-order chi connectivity index (χ1) is 9.29. The molecule has 5 nitrogen and oxygen atoms in total. The Labute approximate surface area is 118 Å². The maximum absolute atomic E-state index is 5.99. The van der Waals surface area contributed by atoms with Crippen molar-refractivity contribution >= 4 is 17.4 Å². The van der Waals surface area contributed by atoms with Gasteiger partial charge < -0.3 is 14.8 Å². The van der Waals surface area contributed by atoms with Crippen LogP contribution in [0.2, 0.25) is 5.15 Å². The number of nitrogens with one attached hydrogen (secondary N) is 1. The van der Waals surface area contributed by atoms with Gasteiger partial charge in [-0.1, -0.05) is 11.6 Å². The molecule has 1 heterocycles. The Hall–Kier alpha value is -0.910. The molecule has 0 amide bonds. The molecule has 0 spiro atoms. The maximum Gasteiger partial charge on any atom is 0.135 e. The molecule has 1 N–H and O–H groups in total. The summed E-state index contributed by atoms with van der Waals surface area (Å²) in [6.07, 6.45) is 3.27. The minimum absolute atomic E-state index is 0.510. The van der Waals surface area contributed by atoms with E-state index in [2.05, 4.69) is 15.3 Å². The smallest absolute Gasteiger partial charge is 0.135 e. The largest absolute Gasteiger partial charge is 0.382 e. The molecule has 0 aliphatic heterocycles. The lowest BCUT2D eigenvalue weighted by Crippen LogP contribution is -2.10. The fourth-order valence-electron chi connectivity index (χ4n) is 1.68. The molecule has 0 unspecified atom stereocenters. The van der Waals surface area contributed by atoms with Crippen LogP contribution in [0, 0.1) is 0 Å². The van der Waals surface area contributed by atoms with Crippen LogP contribution in [0.5, 0.6) is 0 Å². The van der Waals surface area contributed by atoms with E-state index in [1.807, 2.05) is 0 Å². The van der Waals surface area contributed by atoms with E-state index >= 15 is 0 Å². The average Bonchev–Trinajstić information content (AvgIpc) is 3.21. The van der Waals surface area contributed by atoms with Crippen molar-refractivity contribution in [3.63, 3.8) is 0 Å². The van der Waals surface area contributed by atoms with Gasteiger partial charge in [-0.2, -0.15) is 0 Å². The first-order valence-corrected chi connectivity index (χ1v) is 7.02. The zero-order chi connectivity index (χ0) is 13.5. The molecule has 2 rings (SSSR count). The molecule has 106 valence electrons. The van der Waals surface area contributed by atoms with E-state index in [9.17, 15) is 0 Å². The molecule has 6 heteroatoms. The molecule has 0 bridgehead atoms. The highest BCUT2D eigenvalue weighted by Gasteiger charge is 2.27. The Morgan fingerprint density at radius 3 is 2.89 bits per heavy atom. The molecule has 0 saturated heterocycles. The number of aromatic nitrogens is 2. The maximum atomic E-state index is 5.99. The number of rotatable bonds is 9. The third kappa shape index (κ3) is 5.30. The topological polar surface area (TPSA) is 56.3 Å². The summed E-state index contributed by atoms with van der Waals surface area (Å²) in [6, 6.07) is 1.76. The highest BCUT2D eigenvalue weighted by atomic mass is 35.5. The molecule has 1 aliphatic rings. The first-order valence-electron chi connectivity index (χ1n) is 6.64. The van der Waals surface area contributed by atoms with Crippen LogP contribution in [-0.2, 0) is 9.47 Å². The number of hydrogen-bond acceptors (Lipinski definition) is 5. The normalized spacial score (nSPS) is 14.6. The number of methoxy groups -OCH3 is 1. The molecule has 1 fully saturated rings. The van der Waals surface area contributed by atoms with Crippen LogP contribution in [0.25, 0.3) is 0 Å². The van der Waals surface area contributed by atoms with Crippen molar-refractivity contribution in [3.05, 3.63) is 17.0 Å². The van der Waals surface area contributed by atoms with Crippen molar-refractivity contribution in [2.45, 2.75) is 25.2 Å². The van der Waals surface area contributed by atoms with E-state index in [1.165, 1.54) is 12.8 Å².